The van der Waals surface area contributed by atoms with Crippen molar-refractivity contribution in [3.05, 3.63) is 0 Å². The van der Waals surface area contributed by atoms with Gasteiger partial charge in [-0.05, 0) is 0 Å². The Hall–Kier alpha value is -2.03. The number of carboxylic acid groups (broad SMARTS) is 1. The molecule has 0 aliphatic carbocycles. The van der Waals surface area contributed by atoms with E-state index in [1.807, 2.05) is 0 Å². The second-order valence-corrected chi connectivity index (χ2v) is 10.3. The van der Waals surface area contributed by atoms with Gasteiger partial charge in [0.05, 0.1) is 25.4 Å². The molecular formula is C23H39NO20. The first kappa shape index (κ1) is 38.2. The zero-order valence-electron chi connectivity index (χ0n) is 23.0. The van der Waals surface area contributed by atoms with Gasteiger partial charge in [0.2, 0.25) is 5.91 Å². The van der Waals surface area contributed by atoms with Crippen LogP contribution in [-0.4, -0.2) is 195 Å². The number of nitrogens with one attached hydrogen (secondary N) is 1. The van der Waals surface area contributed by atoms with Crippen molar-refractivity contribution in [3.63, 3.8) is 0 Å². The fraction of sp³-hybridized carbons (Fsp3) is 0.870. The molecule has 2 saturated heterocycles. The fourth-order valence-electron chi connectivity index (χ4n) is 4.62. The lowest BCUT2D eigenvalue weighted by atomic mass is 9.88. The largest absolute Gasteiger partial charge is 0.477 e. The first-order chi connectivity index (χ1) is 20.4. The topological polar surface area (TPSA) is 363 Å². The Labute approximate surface area is 248 Å². The van der Waals surface area contributed by atoms with E-state index < -0.39 is 129 Å². The first-order valence-electron chi connectivity index (χ1n) is 13.1. The molecule has 21 heteroatoms. The van der Waals surface area contributed by atoms with Crippen LogP contribution < -0.4 is 5.32 Å². The number of aliphatic hydroxyl groups is 12. The number of aldehydes is 1. The molecule has 2 aliphatic rings. The second-order valence-electron chi connectivity index (χ2n) is 10.3. The summed E-state index contributed by atoms with van der Waals surface area (Å²) in [5.41, 5.74) is 0. The average Bonchev–Trinajstić information content (AvgIpc) is 2.97. The van der Waals surface area contributed by atoms with E-state index in [1.54, 1.807) is 0 Å². The molecule has 21 nitrogen and oxygen atoms in total. The van der Waals surface area contributed by atoms with Crippen molar-refractivity contribution in [1.82, 2.24) is 5.32 Å². The quantitative estimate of drug-likeness (QED) is 0.0578. The molecule has 2 heterocycles. The van der Waals surface area contributed by atoms with Crippen LogP contribution in [0.25, 0.3) is 0 Å². The van der Waals surface area contributed by atoms with Crippen molar-refractivity contribution < 1.29 is 99.7 Å². The number of ether oxygens (including phenoxy) is 4. The summed E-state index contributed by atoms with van der Waals surface area (Å²) < 4.78 is 21.1. The van der Waals surface area contributed by atoms with E-state index in [1.165, 1.54) is 0 Å². The third-order valence-corrected chi connectivity index (χ3v) is 7.10. The van der Waals surface area contributed by atoms with E-state index in [0.717, 1.165) is 6.92 Å². The molecule has 0 unspecified atom stereocenters. The van der Waals surface area contributed by atoms with Crippen molar-refractivity contribution >= 4 is 18.2 Å². The minimum absolute atomic E-state index is 0.191. The summed E-state index contributed by atoms with van der Waals surface area (Å²) >= 11 is 0. The molecule has 0 aromatic rings. The van der Waals surface area contributed by atoms with Crippen LogP contribution in [0.15, 0.2) is 0 Å². The fourth-order valence-corrected chi connectivity index (χ4v) is 4.62. The molecule has 1 amide bonds. The zero-order chi connectivity index (χ0) is 33.7. The molecule has 0 bridgehead atoms. The lowest BCUT2D eigenvalue weighted by Gasteiger charge is -2.47. The monoisotopic (exact) mass is 649 g/mol. The summed E-state index contributed by atoms with van der Waals surface area (Å²) in [5.74, 6) is -5.58. The molecule has 14 N–H and O–H groups in total. The summed E-state index contributed by atoms with van der Waals surface area (Å²) in [6, 6.07) is -1.52. The molecule has 0 radical (unpaired) electrons. The Bertz CT molecular complexity index is 957. The zero-order valence-corrected chi connectivity index (χ0v) is 23.0. The smallest absolute Gasteiger partial charge is 0.364 e. The van der Waals surface area contributed by atoms with Gasteiger partial charge in [-0.25, -0.2) is 4.79 Å². The van der Waals surface area contributed by atoms with Gasteiger partial charge < -0.3 is 95.4 Å². The van der Waals surface area contributed by atoms with Crippen molar-refractivity contribution in [2.24, 2.45) is 0 Å². The number of hydrogen-bond acceptors (Lipinski definition) is 19. The van der Waals surface area contributed by atoms with E-state index in [9.17, 15) is 80.8 Å². The minimum Gasteiger partial charge on any atom is -0.477 e. The summed E-state index contributed by atoms with van der Waals surface area (Å²) in [6.45, 7) is -1.09. The van der Waals surface area contributed by atoms with Crippen LogP contribution in [0.1, 0.15) is 13.3 Å². The van der Waals surface area contributed by atoms with E-state index in [2.05, 4.69) is 5.32 Å². The maximum absolute atomic E-state index is 12.3. The number of hydrogen-bond donors (Lipinski definition) is 14. The van der Waals surface area contributed by atoms with Crippen LogP contribution in [0.2, 0.25) is 0 Å². The maximum Gasteiger partial charge on any atom is 0.364 e. The van der Waals surface area contributed by atoms with Crippen LogP contribution in [0, 0.1) is 0 Å². The SMILES string of the molecule is CC(=O)N[C@H]1[C@H]([C@H](O)[C@H](O)CO)O[C@@](OC[C@H]2O[C@@H](O[C@H](C(O)O)[C@@H](O)[C@H](O)[C@@H](O)C=O)[C@H](O)[C@@H](O)[C@H]2O)(C(=O)O)C[C@@H]1O. The highest BCUT2D eigenvalue weighted by Gasteiger charge is 2.57. The third-order valence-electron chi connectivity index (χ3n) is 7.10. The Morgan fingerprint density at radius 1 is 1.00 bits per heavy atom. The number of carbonyl (C=O) groups is 3. The van der Waals surface area contributed by atoms with Crippen LogP contribution in [0.4, 0.5) is 0 Å². The summed E-state index contributed by atoms with van der Waals surface area (Å²) in [5, 5.41) is 132. The van der Waals surface area contributed by atoms with Crippen molar-refractivity contribution in [2.75, 3.05) is 13.2 Å². The summed E-state index contributed by atoms with van der Waals surface area (Å²) in [7, 11) is 0. The number of amides is 1. The van der Waals surface area contributed by atoms with Crippen molar-refractivity contribution in [1.29, 1.82) is 0 Å². The molecule has 15 atom stereocenters. The average molecular weight is 650 g/mol. The molecule has 2 fully saturated rings. The Morgan fingerprint density at radius 2 is 1.61 bits per heavy atom. The van der Waals surface area contributed by atoms with Crippen LogP contribution in [-0.2, 0) is 33.3 Å². The van der Waals surface area contributed by atoms with Gasteiger partial charge in [-0.1, -0.05) is 0 Å². The standard InChI is InChI=1S/C23H39NO20/c1-6(27)24-11-7(28)2-23(22(39)40,44-18(11)13(32)9(30)4-26)41-5-10-14(33)15(34)17(36)21(42-10)43-19(20(37)38)16(35)12(31)8(29)3-25/h3,7-21,26,28-38H,2,4-5H2,1H3,(H,24,27)(H,39,40)/t7-,8-,9+,10+,11+,12+,13+,14-,15-,16-,17+,18+,19-,21-,23+/m0/s1. The van der Waals surface area contributed by atoms with Gasteiger partial charge in [0.15, 0.2) is 18.9 Å². The van der Waals surface area contributed by atoms with Gasteiger partial charge in [0.1, 0.15) is 67.1 Å². The Morgan fingerprint density at radius 3 is 2.11 bits per heavy atom. The highest BCUT2D eigenvalue weighted by molar-refractivity contribution is 5.76. The number of rotatable bonds is 15. The minimum atomic E-state index is -2.90. The second kappa shape index (κ2) is 16.0. The molecule has 0 saturated carbocycles. The lowest BCUT2D eigenvalue weighted by molar-refractivity contribution is -0.354. The van der Waals surface area contributed by atoms with Crippen molar-refractivity contribution in [2.45, 2.75) is 111 Å². The molecule has 0 spiro atoms. The van der Waals surface area contributed by atoms with Crippen LogP contribution in [0.3, 0.4) is 0 Å². The number of carbonyl (C=O) groups excluding carboxylic acids is 2. The van der Waals surface area contributed by atoms with Gasteiger partial charge in [-0.2, -0.15) is 0 Å². The molecular weight excluding hydrogens is 610 g/mol. The maximum atomic E-state index is 12.3. The molecule has 256 valence electrons. The molecule has 2 rings (SSSR count). The highest BCUT2D eigenvalue weighted by Crippen LogP contribution is 2.35. The van der Waals surface area contributed by atoms with Crippen LogP contribution >= 0.6 is 0 Å². The van der Waals surface area contributed by atoms with Gasteiger partial charge in [-0.15, -0.1) is 0 Å². The number of carboxylic acids is 1. The van der Waals surface area contributed by atoms with Crippen molar-refractivity contribution in [3.8, 4) is 0 Å². The Balaban J connectivity index is 2.31. The normalized spacial score (nSPS) is 37.0. The molecule has 2 aliphatic heterocycles. The Kier molecular flexibility index (Phi) is 13.9. The van der Waals surface area contributed by atoms with E-state index >= 15 is 0 Å². The predicted molar refractivity (Wildman–Crippen MR) is 132 cm³/mol. The van der Waals surface area contributed by atoms with E-state index in [4.69, 9.17) is 18.9 Å². The number of aliphatic hydroxyl groups excluding tert-OH is 11. The number of aliphatic carboxylic acids is 1. The lowest BCUT2D eigenvalue weighted by Crippen LogP contribution is -2.68. The van der Waals surface area contributed by atoms with E-state index in [0.29, 0.717) is 0 Å². The summed E-state index contributed by atoms with van der Waals surface area (Å²) in [6.07, 6.45) is -31.3. The molecule has 0 aromatic carbocycles. The first-order valence-corrected chi connectivity index (χ1v) is 13.1. The van der Waals surface area contributed by atoms with Gasteiger partial charge in [0.25, 0.3) is 5.79 Å². The highest BCUT2D eigenvalue weighted by atomic mass is 16.8. The van der Waals surface area contributed by atoms with Crippen LogP contribution in [0.5, 0.6) is 0 Å². The van der Waals surface area contributed by atoms with Gasteiger partial charge in [0, 0.05) is 13.3 Å². The summed E-state index contributed by atoms with van der Waals surface area (Å²) in [4.78, 5) is 34.7. The molecule has 44 heavy (non-hydrogen) atoms. The molecule has 0 aromatic heterocycles. The van der Waals surface area contributed by atoms with Gasteiger partial charge >= 0.3 is 5.97 Å². The predicted octanol–water partition coefficient (Wildman–Crippen LogP) is -9.06. The third kappa shape index (κ3) is 8.61. The van der Waals surface area contributed by atoms with Gasteiger partial charge in [-0.3, -0.25) is 4.79 Å². The van der Waals surface area contributed by atoms with E-state index in [-0.39, 0.29) is 6.29 Å².